The smallest absolute Gasteiger partial charge is 0.245 e. The van der Waals surface area contributed by atoms with Gasteiger partial charge in [-0.25, -0.2) is 27.2 Å². The first-order chi connectivity index (χ1) is 16.2. The minimum Gasteiger partial charge on any atom is -0.371 e. The van der Waals surface area contributed by atoms with Crippen molar-refractivity contribution in [3.8, 4) is 0 Å². The van der Waals surface area contributed by atoms with Crippen LogP contribution in [0.4, 0.5) is 20.4 Å². The van der Waals surface area contributed by atoms with Gasteiger partial charge in [-0.1, -0.05) is 6.92 Å². The van der Waals surface area contributed by atoms with Gasteiger partial charge < -0.3 is 15.1 Å². The number of aromatic nitrogens is 2. The number of nitrogens with zero attached hydrogens (tertiary/aromatic N) is 4. The van der Waals surface area contributed by atoms with Gasteiger partial charge in [0.2, 0.25) is 11.9 Å². The molecule has 0 unspecified atom stereocenters. The number of carbonyl (C=O) groups excluding carboxylic acids is 1. The van der Waals surface area contributed by atoms with Crippen molar-refractivity contribution in [2.24, 2.45) is 0 Å². The first-order valence-corrected chi connectivity index (χ1v) is 13.4. The summed E-state index contributed by atoms with van der Waals surface area (Å²) in [7, 11) is -3.90. The van der Waals surface area contributed by atoms with Gasteiger partial charge in [-0.3, -0.25) is 4.79 Å². The second-order valence-electron chi connectivity index (χ2n) is 8.87. The van der Waals surface area contributed by atoms with Crippen LogP contribution in [0.25, 0.3) is 0 Å². The Balaban J connectivity index is 1.40. The molecule has 11 heteroatoms. The topological polar surface area (TPSA) is 95.5 Å². The molecule has 1 atom stereocenters. The largest absolute Gasteiger partial charge is 0.371 e. The molecule has 0 aliphatic carbocycles. The molecule has 0 radical (unpaired) electrons. The number of anilines is 2. The van der Waals surface area contributed by atoms with E-state index < -0.39 is 32.4 Å². The quantitative estimate of drug-likeness (QED) is 0.661. The van der Waals surface area contributed by atoms with E-state index in [4.69, 9.17) is 0 Å². The second-order valence-corrected chi connectivity index (χ2v) is 10.9. The minimum atomic E-state index is -3.90. The molecule has 2 aliphatic rings. The van der Waals surface area contributed by atoms with Crippen LogP contribution in [-0.2, 0) is 21.1 Å². The molecule has 2 saturated heterocycles. The van der Waals surface area contributed by atoms with Crippen LogP contribution in [-0.4, -0.2) is 67.2 Å². The van der Waals surface area contributed by atoms with Gasteiger partial charge in [0, 0.05) is 50.4 Å². The highest BCUT2D eigenvalue weighted by Gasteiger charge is 2.35. The minimum absolute atomic E-state index is 0.0532. The Bertz CT molecular complexity index is 1150. The lowest BCUT2D eigenvalue weighted by molar-refractivity contribution is -0.137. The van der Waals surface area contributed by atoms with Crippen molar-refractivity contribution < 1.29 is 22.0 Å². The van der Waals surface area contributed by atoms with Crippen LogP contribution in [0.5, 0.6) is 0 Å². The SMILES string of the molecule is CCc1cnc(N2CCC(N3CCC[C@H](Nc4cc(F)c(S(C)(=O)=O)cc4F)C3=O)CC2)nc1. The lowest BCUT2D eigenvalue weighted by Crippen LogP contribution is -2.54. The molecule has 1 N–H and O–H groups in total. The number of sulfone groups is 1. The Labute approximate surface area is 198 Å². The molecule has 0 spiro atoms. The molecule has 1 aromatic carbocycles. The zero-order valence-electron chi connectivity index (χ0n) is 19.3. The summed E-state index contributed by atoms with van der Waals surface area (Å²) in [5.74, 6) is -1.42. The third-order valence-electron chi connectivity index (χ3n) is 6.51. The predicted molar refractivity (Wildman–Crippen MR) is 124 cm³/mol. The summed E-state index contributed by atoms with van der Waals surface area (Å²) in [6.45, 7) is 4.12. The van der Waals surface area contributed by atoms with Crippen LogP contribution in [0, 0.1) is 11.6 Å². The Morgan fingerprint density at radius 1 is 1.06 bits per heavy atom. The lowest BCUT2D eigenvalue weighted by atomic mass is 9.97. The third-order valence-corrected chi connectivity index (χ3v) is 7.62. The number of aryl methyl sites for hydroxylation is 1. The molecule has 4 rings (SSSR count). The van der Waals surface area contributed by atoms with Gasteiger partial charge in [-0.2, -0.15) is 0 Å². The normalized spacial score (nSPS) is 20.0. The van der Waals surface area contributed by atoms with Gasteiger partial charge in [0.25, 0.3) is 0 Å². The molecule has 8 nitrogen and oxygen atoms in total. The van der Waals surface area contributed by atoms with Crippen LogP contribution < -0.4 is 10.2 Å². The number of piperidine rings is 2. The number of hydrogen-bond donors (Lipinski definition) is 1. The molecule has 1 amide bonds. The number of hydrogen-bond acceptors (Lipinski definition) is 7. The van der Waals surface area contributed by atoms with Crippen molar-refractivity contribution >= 4 is 27.4 Å². The van der Waals surface area contributed by atoms with Gasteiger partial charge in [-0.05, 0) is 43.7 Å². The number of amides is 1. The van der Waals surface area contributed by atoms with Gasteiger partial charge in [0.1, 0.15) is 22.6 Å². The van der Waals surface area contributed by atoms with Crippen molar-refractivity contribution in [3.05, 3.63) is 41.7 Å². The Morgan fingerprint density at radius 3 is 2.35 bits per heavy atom. The van der Waals surface area contributed by atoms with E-state index in [0.717, 1.165) is 56.7 Å². The maximum Gasteiger partial charge on any atom is 0.245 e. The summed E-state index contributed by atoms with van der Waals surface area (Å²) in [4.78, 5) is 25.3. The molecule has 34 heavy (non-hydrogen) atoms. The Hall–Kier alpha value is -2.82. The Morgan fingerprint density at radius 2 is 1.74 bits per heavy atom. The number of carbonyl (C=O) groups is 1. The molecule has 2 aliphatic heterocycles. The van der Waals surface area contributed by atoms with Crippen LogP contribution in [0.2, 0.25) is 0 Å². The molecule has 2 aromatic rings. The molecular formula is C23H29F2N5O3S. The number of benzene rings is 1. The fourth-order valence-corrected chi connectivity index (χ4v) is 5.31. The third kappa shape index (κ3) is 5.13. The first kappa shape index (κ1) is 24.3. The molecule has 3 heterocycles. The van der Waals surface area contributed by atoms with Gasteiger partial charge in [0.15, 0.2) is 9.84 Å². The van der Waals surface area contributed by atoms with Gasteiger partial charge in [-0.15, -0.1) is 0 Å². The maximum absolute atomic E-state index is 14.5. The van der Waals surface area contributed by atoms with Crippen molar-refractivity contribution in [2.45, 2.75) is 56.0 Å². The summed E-state index contributed by atoms with van der Waals surface area (Å²) in [6.07, 6.45) is 8.13. The van der Waals surface area contributed by atoms with Crippen LogP contribution in [0.15, 0.2) is 29.4 Å². The predicted octanol–water partition coefficient (Wildman–Crippen LogP) is 2.79. The maximum atomic E-state index is 14.5. The van der Waals surface area contributed by atoms with E-state index in [1.54, 1.807) is 0 Å². The summed E-state index contributed by atoms with van der Waals surface area (Å²) in [5.41, 5.74) is 0.867. The molecular weight excluding hydrogens is 464 g/mol. The van der Waals surface area contributed by atoms with Crippen molar-refractivity contribution in [1.82, 2.24) is 14.9 Å². The number of nitrogens with one attached hydrogen (secondary N) is 1. The monoisotopic (exact) mass is 493 g/mol. The fraction of sp³-hybridized carbons (Fsp3) is 0.522. The number of likely N-dealkylation sites (tertiary alicyclic amines) is 1. The van der Waals surface area contributed by atoms with Crippen LogP contribution in [0.1, 0.15) is 38.2 Å². The van der Waals surface area contributed by atoms with Gasteiger partial charge >= 0.3 is 0 Å². The molecule has 0 bridgehead atoms. The summed E-state index contributed by atoms with van der Waals surface area (Å²) in [6, 6.07) is 0.815. The lowest BCUT2D eigenvalue weighted by Gasteiger charge is -2.42. The van der Waals surface area contributed by atoms with E-state index in [2.05, 4.69) is 27.1 Å². The highest BCUT2D eigenvalue weighted by molar-refractivity contribution is 7.90. The van der Waals surface area contributed by atoms with Gasteiger partial charge in [0.05, 0.1) is 5.69 Å². The zero-order valence-corrected chi connectivity index (χ0v) is 20.1. The summed E-state index contributed by atoms with van der Waals surface area (Å²) < 4.78 is 52.0. The molecule has 2 fully saturated rings. The van der Waals surface area contributed by atoms with E-state index in [0.29, 0.717) is 25.0 Å². The Kier molecular flexibility index (Phi) is 7.01. The zero-order chi connectivity index (χ0) is 24.5. The molecule has 1 aromatic heterocycles. The van der Waals surface area contributed by atoms with Crippen molar-refractivity contribution in [3.63, 3.8) is 0 Å². The van der Waals surface area contributed by atoms with E-state index >= 15 is 0 Å². The van der Waals surface area contributed by atoms with Crippen LogP contribution in [0.3, 0.4) is 0 Å². The average Bonchev–Trinajstić information content (AvgIpc) is 2.82. The number of halogens is 2. The van der Waals surface area contributed by atoms with E-state index in [1.165, 1.54) is 0 Å². The second kappa shape index (κ2) is 9.81. The molecule has 0 saturated carbocycles. The highest BCUT2D eigenvalue weighted by atomic mass is 32.2. The highest BCUT2D eigenvalue weighted by Crippen LogP contribution is 2.28. The van der Waals surface area contributed by atoms with Crippen molar-refractivity contribution in [1.29, 1.82) is 0 Å². The van der Waals surface area contributed by atoms with E-state index in [1.807, 2.05) is 17.3 Å². The average molecular weight is 494 g/mol. The summed E-state index contributed by atoms with van der Waals surface area (Å²) >= 11 is 0. The summed E-state index contributed by atoms with van der Waals surface area (Å²) in [5, 5.41) is 2.80. The van der Waals surface area contributed by atoms with Crippen LogP contribution >= 0.6 is 0 Å². The molecule has 184 valence electrons. The first-order valence-electron chi connectivity index (χ1n) is 11.5. The van der Waals surface area contributed by atoms with E-state index in [-0.39, 0.29) is 17.6 Å². The fourth-order valence-electron chi connectivity index (χ4n) is 4.58. The van der Waals surface area contributed by atoms with Crippen molar-refractivity contribution in [2.75, 3.05) is 36.1 Å². The number of rotatable bonds is 6. The standard InChI is InChI=1S/C23H29F2N5O3S/c1-3-15-13-26-23(27-14-15)29-9-6-16(7-10-29)30-8-4-5-19(22(30)31)28-20-11-18(25)21(12-17(20)24)34(2,32)33/h11-14,16,19,28H,3-10H2,1-2H3/t19-/m0/s1. The van der Waals surface area contributed by atoms with E-state index in [9.17, 15) is 22.0 Å².